The van der Waals surface area contributed by atoms with Crippen molar-refractivity contribution in [1.82, 2.24) is 19.8 Å². The van der Waals surface area contributed by atoms with Crippen LogP contribution < -0.4 is 19.3 Å². The lowest BCUT2D eigenvalue weighted by Gasteiger charge is -2.36. The Morgan fingerprint density at radius 3 is 2.70 bits per heavy atom. The monoisotopic (exact) mass is 464 g/mol. The molecule has 0 N–H and O–H groups in total. The fourth-order valence-electron chi connectivity index (χ4n) is 4.23. The highest BCUT2D eigenvalue weighted by Crippen LogP contribution is 2.42. The molecule has 33 heavy (non-hydrogen) atoms. The van der Waals surface area contributed by atoms with E-state index in [2.05, 4.69) is 24.7 Å². The Balaban J connectivity index is 1.64. The number of likely N-dealkylation sites (N-methyl/N-ethyl adjacent to an activating group) is 1. The maximum absolute atomic E-state index is 12.7. The van der Waals surface area contributed by atoms with Crippen molar-refractivity contribution in [2.45, 2.75) is 25.2 Å². The van der Waals surface area contributed by atoms with Gasteiger partial charge >= 0.3 is 6.36 Å². The number of aromatic nitrogens is 4. The van der Waals surface area contributed by atoms with Gasteiger partial charge in [0.15, 0.2) is 17.4 Å². The van der Waals surface area contributed by atoms with Gasteiger partial charge in [0.1, 0.15) is 18.0 Å². The zero-order valence-electron chi connectivity index (χ0n) is 18.2. The van der Waals surface area contributed by atoms with Crippen LogP contribution in [0.25, 0.3) is 17.0 Å². The van der Waals surface area contributed by atoms with Crippen LogP contribution in [0.5, 0.6) is 11.5 Å². The van der Waals surface area contributed by atoms with Gasteiger partial charge in [-0.1, -0.05) is 12.1 Å². The maximum Gasteiger partial charge on any atom is 0.573 e. The summed E-state index contributed by atoms with van der Waals surface area (Å²) in [5, 5.41) is 13.3. The summed E-state index contributed by atoms with van der Waals surface area (Å²) in [4.78, 5) is 4.18. The molecule has 1 aromatic carbocycles. The van der Waals surface area contributed by atoms with Crippen LogP contribution in [0.4, 0.5) is 24.7 Å². The summed E-state index contributed by atoms with van der Waals surface area (Å²) in [6, 6.07) is 5.83. The maximum atomic E-state index is 12.7. The molecular weight excluding hydrogens is 441 g/mol. The molecule has 9 nitrogen and oxygen atoms in total. The molecule has 0 bridgehead atoms. The Hall–Kier alpha value is -3.28. The van der Waals surface area contributed by atoms with Crippen LogP contribution >= 0.6 is 0 Å². The summed E-state index contributed by atoms with van der Waals surface area (Å²) in [7, 11) is 3.95. The highest BCUT2D eigenvalue weighted by molar-refractivity contribution is 5.82. The third-order valence-corrected chi connectivity index (χ3v) is 5.92. The SMILES string of the molecule is CN1CCOc2c1c(N(C)C1CCOCC1)nn1c(-c3cccc(OC(F)(F)F)c3)nnc21. The molecule has 2 aliphatic heterocycles. The van der Waals surface area contributed by atoms with Crippen molar-refractivity contribution < 1.29 is 27.4 Å². The van der Waals surface area contributed by atoms with Crippen molar-refractivity contribution in [3.63, 3.8) is 0 Å². The molecular formula is C21H23F3N6O3. The minimum atomic E-state index is -4.79. The second-order valence-corrected chi connectivity index (χ2v) is 8.06. The second-order valence-electron chi connectivity index (χ2n) is 8.06. The average Bonchev–Trinajstić information content (AvgIpc) is 3.22. The topological polar surface area (TPSA) is 77.2 Å². The predicted molar refractivity (Wildman–Crippen MR) is 114 cm³/mol. The number of fused-ring (bicyclic) bond motifs is 3. The normalized spacial score (nSPS) is 17.1. The molecule has 0 unspecified atom stereocenters. The van der Waals surface area contributed by atoms with Crippen molar-refractivity contribution in [3.05, 3.63) is 24.3 Å². The number of halogens is 3. The fourth-order valence-corrected chi connectivity index (χ4v) is 4.23. The van der Waals surface area contributed by atoms with Gasteiger partial charge in [0, 0.05) is 38.9 Å². The summed E-state index contributed by atoms with van der Waals surface area (Å²) in [6.07, 6.45) is -3.07. The Morgan fingerprint density at radius 2 is 1.94 bits per heavy atom. The van der Waals surface area contributed by atoms with Gasteiger partial charge in [-0.05, 0) is 25.0 Å². The van der Waals surface area contributed by atoms with Gasteiger partial charge in [-0.3, -0.25) is 0 Å². The first-order chi connectivity index (χ1) is 15.8. The molecule has 1 fully saturated rings. The first kappa shape index (κ1) is 21.6. The molecule has 4 heterocycles. The van der Waals surface area contributed by atoms with Crippen LogP contribution in [0.3, 0.4) is 0 Å². The molecule has 0 spiro atoms. The predicted octanol–water partition coefficient (Wildman–Crippen LogP) is 3.13. The van der Waals surface area contributed by atoms with Crippen LogP contribution in [-0.2, 0) is 4.74 Å². The summed E-state index contributed by atoms with van der Waals surface area (Å²) < 4.78 is 55.2. The zero-order valence-corrected chi connectivity index (χ0v) is 18.2. The van der Waals surface area contributed by atoms with Gasteiger partial charge in [-0.25, -0.2) is 0 Å². The van der Waals surface area contributed by atoms with E-state index < -0.39 is 6.36 Å². The van der Waals surface area contributed by atoms with Crippen molar-refractivity contribution in [2.24, 2.45) is 0 Å². The lowest BCUT2D eigenvalue weighted by Crippen LogP contribution is -2.39. The molecule has 176 valence electrons. The number of hydrogen-bond acceptors (Lipinski definition) is 8. The molecule has 0 amide bonds. The van der Waals surface area contributed by atoms with E-state index in [9.17, 15) is 13.2 Å². The van der Waals surface area contributed by atoms with E-state index in [0.717, 1.165) is 18.5 Å². The fraction of sp³-hybridized carbons (Fsp3) is 0.476. The molecule has 2 aliphatic rings. The van der Waals surface area contributed by atoms with Crippen LogP contribution in [0.1, 0.15) is 12.8 Å². The second kappa shape index (κ2) is 8.25. The van der Waals surface area contributed by atoms with Gasteiger partial charge in [0.2, 0.25) is 5.65 Å². The largest absolute Gasteiger partial charge is 0.573 e. The smallest absolute Gasteiger partial charge is 0.486 e. The number of benzene rings is 1. The van der Waals surface area contributed by atoms with Gasteiger partial charge < -0.3 is 24.0 Å². The third kappa shape index (κ3) is 4.10. The summed E-state index contributed by atoms with van der Waals surface area (Å²) in [5.41, 5.74) is 1.61. The Morgan fingerprint density at radius 1 is 1.15 bits per heavy atom. The quantitative estimate of drug-likeness (QED) is 0.583. The minimum Gasteiger partial charge on any atom is -0.486 e. The molecule has 5 rings (SSSR count). The first-order valence-electron chi connectivity index (χ1n) is 10.6. The summed E-state index contributed by atoms with van der Waals surface area (Å²) in [6.45, 7) is 2.52. The van der Waals surface area contributed by atoms with Gasteiger partial charge in [0.05, 0.1) is 6.54 Å². The average molecular weight is 464 g/mol. The van der Waals surface area contributed by atoms with Crippen molar-refractivity contribution in [2.75, 3.05) is 50.3 Å². The van der Waals surface area contributed by atoms with E-state index >= 15 is 0 Å². The molecule has 3 aromatic rings. The van der Waals surface area contributed by atoms with E-state index in [0.29, 0.717) is 55.0 Å². The van der Waals surface area contributed by atoms with Gasteiger partial charge in [-0.15, -0.1) is 28.5 Å². The van der Waals surface area contributed by atoms with Crippen LogP contribution in [-0.4, -0.2) is 72.7 Å². The minimum absolute atomic E-state index is 0.228. The van der Waals surface area contributed by atoms with E-state index in [1.165, 1.54) is 22.7 Å². The molecule has 0 atom stereocenters. The van der Waals surface area contributed by atoms with Gasteiger partial charge in [-0.2, -0.15) is 4.52 Å². The molecule has 0 saturated carbocycles. The van der Waals surface area contributed by atoms with Crippen molar-refractivity contribution in [1.29, 1.82) is 0 Å². The lowest BCUT2D eigenvalue weighted by molar-refractivity contribution is -0.274. The molecule has 2 aromatic heterocycles. The van der Waals surface area contributed by atoms with Crippen molar-refractivity contribution in [3.8, 4) is 22.9 Å². The summed E-state index contributed by atoms with van der Waals surface area (Å²) in [5.74, 6) is 1.19. The van der Waals surface area contributed by atoms with E-state index in [4.69, 9.17) is 14.6 Å². The Labute approximate surface area is 187 Å². The first-order valence-corrected chi connectivity index (χ1v) is 10.6. The van der Waals surface area contributed by atoms with Crippen LogP contribution in [0.15, 0.2) is 24.3 Å². The number of alkyl halides is 3. The highest BCUT2D eigenvalue weighted by atomic mass is 19.4. The van der Waals surface area contributed by atoms with E-state index in [1.54, 1.807) is 6.07 Å². The molecule has 0 radical (unpaired) electrons. The number of rotatable bonds is 4. The number of hydrogen-bond donors (Lipinski definition) is 0. The Kier molecular flexibility index (Phi) is 5.39. The molecule has 1 saturated heterocycles. The van der Waals surface area contributed by atoms with Crippen molar-refractivity contribution >= 4 is 17.2 Å². The number of ether oxygens (including phenoxy) is 3. The number of nitrogens with zero attached hydrogens (tertiary/aromatic N) is 6. The number of anilines is 2. The van der Waals surface area contributed by atoms with E-state index in [-0.39, 0.29) is 11.8 Å². The highest BCUT2D eigenvalue weighted by Gasteiger charge is 2.33. The third-order valence-electron chi connectivity index (χ3n) is 5.92. The Bertz CT molecular complexity index is 1160. The standard InChI is InChI=1S/C21H23F3N6O3/c1-28-8-11-32-17-16(28)19(29(2)14-6-9-31-10-7-14)27-30-18(25-26-20(17)30)13-4-3-5-15(12-13)33-21(22,23)24/h3-5,12,14H,6-11H2,1-2H3. The zero-order chi connectivity index (χ0) is 23.2. The van der Waals surface area contributed by atoms with E-state index in [1.807, 2.05) is 14.1 Å². The van der Waals surface area contributed by atoms with Gasteiger partial charge in [0.25, 0.3) is 0 Å². The lowest BCUT2D eigenvalue weighted by atomic mass is 10.1. The molecule has 0 aliphatic carbocycles. The van der Waals surface area contributed by atoms with Crippen LogP contribution in [0.2, 0.25) is 0 Å². The molecule has 12 heteroatoms. The van der Waals surface area contributed by atoms with Crippen LogP contribution in [0, 0.1) is 0 Å². The summed E-state index contributed by atoms with van der Waals surface area (Å²) >= 11 is 0.